The molecule has 0 radical (unpaired) electrons. The predicted octanol–water partition coefficient (Wildman–Crippen LogP) is 4.94. The van der Waals surface area contributed by atoms with E-state index in [0.717, 1.165) is 12.2 Å². The van der Waals surface area contributed by atoms with Crippen molar-refractivity contribution >= 4 is 42.5 Å². The van der Waals surface area contributed by atoms with Gasteiger partial charge in [0, 0.05) is 43.8 Å². The average Bonchev–Trinajstić information content (AvgIpc) is 2.98. The van der Waals surface area contributed by atoms with Crippen LogP contribution < -0.4 is 0 Å². The highest BCUT2D eigenvalue weighted by Crippen LogP contribution is 2.54. The van der Waals surface area contributed by atoms with Crippen molar-refractivity contribution in [2.75, 3.05) is 43.8 Å². The predicted molar refractivity (Wildman–Crippen MR) is 101 cm³/mol. The van der Waals surface area contributed by atoms with E-state index < -0.39 is 7.67 Å². The minimum atomic E-state index is -3.31. The molecule has 1 atom stereocenters. The summed E-state index contributed by atoms with van der Waals surface area (Å²) in [5.41, 5.74) is 0. The third kappa shape index (κ3) is 6.53. The number of furan rings is 1. The van der Waals surface area contributed by atoms with Crippen molar-refractivity contribution in [2.24, 2.45) is 0 Å². The monoisotopic (exact) mass is 418 g/mol. The SMILES string of the molecule is CCCN(CCCl)P(=O)(OCc1ccc(C)o1)N(CCCl)CCCl. The van der Waals surface area contributed by atoms with Gasteiger partial charge in [-0.05, 0) is 25.5 Å². The zero-order valence-corrected chi connectivity index (χ0v) is 17.4. The quantitative estimate of drug-likeness (QED) is 0.335. The second-order valence-electron chi connectivity index (χ2n) is 5.25. The molecule has 0 amide bonds. The summed E-state index contributed by atoms with van der Waals surface area (Å²) in [5, 5.41) is 0. The van der Waals surface area contributed by atoms with Crippen LogP contribution in [-0.4, -0.2) is 53.2 Å². The van der Waals surface area contributed by atoms with Gasteiger partial charge in [0.15, 0.2) is 0 Å². The molecule has 24 heavy (non-hydrogen) atoms. The molecule has 0 saturated heterocycles. The van der Waals surface area contributed by atoms with Gasteiger partial charge in [0.05, 0.1) is 0 Å². The Labute approximate surface area is 159 Å². The first-order chi connectivity index (χ1) is 11.5. The Bertz CT molecular complexity index is 484. The van der Waals surface area contributed by atoms with E-state index in [1.54, 1.807) is 9.34 Å². The number of nitrogens with zero attached hydrogens (tertiary/aromatic N) is 2. The minimum Gasteiger partial charge on any atom is -0.464 e. The molecule has 0 spiro atoms. The maximum absolute atomic E-state index is 13.8. The largest absolute Gasteiger partial charge is 0.464 e. The van der Waals surface area contributed by atoms with Gasteiger partial charge in [-0.2, -0.15) is 0 Å². The molecule has 0 fully saturated rings. The number of aryl methyl sites for hydroxylation is 1. The van der Waals surface area contributed by atoms with Crippen molar-refractivity contribution in [1.29, 1.82) is 0 Å². The third-order valence-corrected chi connectivity index (χ3v) is 6.60. The lowest BCUT2D eigenvalue weighted by atomic mass is 10.4. The third-order valence-electron chi connectivity index (χ3n) is 3.40. The molecule has 0 aromatic carbocycles. The summed E-state index contributed by atoms with van der Waals surface area (Å²) in [4.78, 5) is 0. The molecular formula is C15H26Cl3N2O3P. The molecule has 140 valence electrons. The number of alkyl halides is 3. The van der Waals surface area contributed by atoms with Crippen LogP contribution in [-0.2, 0) is 15.7 Å². The van der Waals surface area contributed by atoms with Crippen molar-refractivity contribution in [3.8, 4) is 0 Å². The molecule has 1 unspecified atom stereocenters. The van der Waals surface area contributed by atoms with Crippen LogP contribution in [0.15, 0.2) is 16.5 Å². The van der Waals surface area contributed by atoms with Crippen LogP contribution >= 0.6 is 42.5 Å². The molecular weight excluding hydrogens is 394 g/mol. The first kappa shape index (κ1) is 22.3. The Morgan fingerprint density at radius 2 is 1.58 bits per heavy atom. The van der Waals surface area contributed by atoms with Crippen molar-refractivity contribution < 1.29 is 13.5 Å². The van der Waals surface area contributed by atoms with Crippen LogP contribution in [0.2, 0.25) is 0 Å². The van der Waals surface area contributed by atoms with Gasteiger partial charge in [0.1, 0.15) is 18.1 Å². The lowest BCUT2D eigenvalue weighted by Crippen LogP contribution is -2.36. The summed E-state index contributed by atoms with van der Waals surface area (Å²) in [6.45, 7) is 5.92. The van der Waals surface area contributed by atoms with E-state index in [4.69, 9.17) is 43.7 Å². The van der Waals surface area contributed by atoms with E-state index in [2.05, 4.69) is 0 Å². The van der Waals surface area contributed by atoms with Gasteiger partial charge in [-0.25, -0.2) is 9.34 Å². The molecule has 1 rings (SSSR count). The summed E-state index contributed by atoms with van der Waals surface area (Å²) in [6, 6.07) is 3.67. The molecule has 0 aliphatic heterocycles. The number of rotatable bonds is 13. The molecule has 1 aromatic rings. The summed E-state index contributed by atoms with van der Waals surface area (Å²) >= 11 is 17.7. The fourth-order valence-electron chi connectivity index (χ4n) is 2.33. The van der Waals surface area contributed by atoms with Crippen LogP contribution in [0.4, 0.5) is 0 Å². The highest BCUT2D eigenvalue weighted by Gasteiger charge is 2.38. The van der Waals surface area contributed by atoms with Crippen molar-refractivity contribution in [1.82, 2.24) is 9.34 Å². The van der Waals surface area contributed by atoms with Gasteiger partial charge in [0.2, 0.25) is 0 Å². The van der Waals surface area contributed by atoms with E-state index in [0.29, 0.717) is 49.6 Å². The zero-order valence-electron chi connectivity index (χ0n) is 14.2. The van der Waals surface area contributed by atoms with Crippen molar-refractivity contribution in [3.05, 3.63) is 23.7 Å². The Morgan fingerprint density at radius 1 is 1.04 bits per heavy atom. The van der Waals surface area contributed by atoms with Crippen LogP contribution in [0.3, 0.4) is 0 Å². The van der Waals surface area contributed by atoms with Gasteiger partial charge < -0.3 is 4.42 Å². The van der Waals surface area contributed by atoms with Crippen LogP contribution in [0.1, 0.15) is 24.9 Å². The Balaban J connectivity index is 3.03. The second kappa shape index (κ2) is 11.8. The van der Waals surface area contributed by atoms with Gasteiger partial charge in [-0.3, -0.25) is 9.09 Å². The first-order valence-corrected chi connectivity index (χ1v) is 11.1. The summed E-state index contributed by atoms with van der Waals surface area (Å²) in [7, 11) is -3.31. The van der Waals surface area contributed by atoms with E-state index in [-0.39, 0.29) is 6.61 Å². The fraction of sp³-hybridized carbons (Fsp3) is 0.733. The van der Waals surface area contributed by atoms with Crippen molar-refractivity contribution in [2.45, 2.75) is 26.9 Å². The highest BCUT2D eigenvalue weighted by atomic mass is 35.5. The normalized spacial score (nSPS) is 14.5. The lowest BCUT2D eigenvalue weighted by Gasteiger charge is -2.37. The van der Waals surface area contributed by atoms with E-state index in [9.17, 15) is 4.57 Å². The number of hydrogen-bond acceptors (Lipinski definition) is 3. The first-order valence-electron chi connectivity index (χ1n) is 8.00. The highest BCUT2D eigenvalue weighted by molar-refractivity contribution is 7.53. The maximum Gasteiger partial charge on any atom is 0.346 e. The Morgan fingerprint density at radius 3 is 2.00 bits per heavy atom. The molecule has 0 aliphatic rings. The lowest BCUT2D eigenvalue weighted by molar-refractivity contribution is 0.190. The zero-order chi connectivity index (χ0) is 18.0. The molecule has 5 nitrogen and oxygen atoms in total. The maximum atomic E-state index is 13.8. The van der Waals surface area contributed by atoms with E-state index >= 15 is 0 Å². The molecule has 0 aliphatic carbocycles. The standard InChI is InChI=1S/C15H26Cl3N2O3P/c1-3-9-19(10-6-16)24(21,20(11-7-17)12-8-18)22-13-15-5-4-14(2)23-15/h4-5H,3,6-13H2,1-2H3. The van der Waals surface area contributed by atoms with E-state index in [1.165, 1.54) is 0 Å². The molecule has 0 N–H and O–H groups in total. The second-order valence-corrected chi connectivity index (χ2v) is 8.76. The molecule has 0 bridgehead atoms. The number of halogens is 3. The molecule has 1 aromatic heterocycles. The molecule has 9 heteroatoms. The molecule has 0 saturated carbocycles. The number of hydrogen-bond donors (Lipinski definition) is 0. The van der Waals surface area contributed by atoms with Crippen LogP contribution in [0.25, 0.3) is 0 Å². The Kier molecular flexibility index (Phi) is 11.0. The summed E-state index contributed by atoms with van der Waals surface area (Å²) in [5.74, 6) is 2.46. The van der Waals surface area contributed by atoms with Gasteiger partial charge in [-0.15, -0.1) is 34.8 Å². The summed E-state index contributed by atoms with van der Waals surface area (Å²) < 4.78 is 28.7. The van der Waals surface area contributed by atoms with Gasteiger partial charge >= 0.3 is 7.67 Å². The minimum absolute atomic E-state index is 0.120. The van der Waals surface area contributed by atoms with Crippen molar-refractivity contribution in [3.63, 3.8) is 0 Å². The topological polar surface area (TPSA) is 45.9 Å². The van der Waals surface area contributed by atoms with Crippen LogP contribution in [0.5, 0.6) is 0 Å². The summed E-state index contributed by atoms with van der Waals surface area (Å²) in [6.07, 6.45) is 0.833. The van der Waals surface area contributed by atoms with Gasteiger partial charge in [0.25, 0.3) is 0 Å². The van der Waals surface area contributed by atoms with Crippen LogP contribution in [0, 0.1) is 6.92 Å². The fourth-order valence-corrected chi connectivity index (χ4v) is 5.79. The van der Waals surface area contributed by atoms with Gasteiger partial charge in [-0.1, -0.05) is 6.92 Å². The average molecular weight is 420 g/mol. The Hall–Kier alpha value is 0.260. The molecule has 1 heterocycles. The van der Waals surface area contributed by atoms with E-state index in [1.807, 2.05) is 26.0 Å². The smallest absolute Gasteiger partial charge is 0.346 e.